The van der Waals surface area contributed by atoms with Gasteiger partial charge in [-0.2, -0.15) is 11.8 Å². The number of hydrogen-bond donors (Lipinski definition) is 2. The predicted molar refractivity (Wildman–Crippen MR) is 68.4 cm³/mol. The summed E-state index contributed by atoms with van der Waals surface area (Å²) in [5.74, 6) is 0.182. The Hall–Kier alpha value is -0.910. The molecule has 1 rings (SSSR count). The molecular formula is C11H20N2O3S. The number of nitrogens with one attached hydrogen (secondary N) is 1. The van der Waals surface area contributed by atoms with E-state index in [-0.39, 0.29) is 12.6 Å². The summed E-state index contributed by atoms with van der Waals surface area (Å²) >= 11 is 1.89. The van der Waals surface area contributed by atoms with Crippen molar-refractivity contribution >= 4 is 23.8 Å². The number of hydrogen-bond acceptors (Lipinski definition) is 3. The Labute approximate surface area is 106 Å². The first kappa shape index (κ1) is 14.2. The monoisotopic (exact) mass is 260 g/mol. The minimum absolute atomic E-state index is 0.236. The average Bonchev–Trinajstić information content (AvgIpc) is 2.34. The molecule has 1 fully saturated rings. The first-order chi connectivity index (χ1) is 8.13. The van der Waals surface area contributed by atoms with Gasteiger partial charge in [0.05, 0.1) is 0 Å². The molecule has 0 aromatic carbocycles. The Morgan fingerprint density at radius 1 is 1.47 bits per heavy atom. The lowest BCUT2D eigenvalue weighted by molar-refractivity contribution is -0.137. The zero-order valence-corrected chi connectivity index (χ0v) is 11.0. The zero-order chi connectivity index (χ0) is 12.7. The normalized spacial score (nSPS) is 19.7. The molecule has 0 spiro atoms. The van der Waals surface area contributed by atoms with E-state index < -0.39 is 5.97 Å². The molecule has 5 nitrogen and oxygen atoms in total. The molecule has 1 aliphatic heterocycles. The van der Waals surface area contributed by atoms with Crippen LogP contribution in [0.5, 0.6) is 0 Å². The van der Waals surface area contributed by atoms with E-state index >= 15 is 0 Å². The quantitative estimate of drug-likeness (QED) is 0.783. The summed E-state index contributed by atoms with van der Waals surface area (Å²) < 4.78 is 0. The number of thioether (sulfide) groups is 1. The van der Waals surface area contributed by atoms with Crippen molar-refractivity contribution in [2.24, 2.45) is 0 Å². The number of rotatable bonds is 5. The number of carboxylic acid groups (broad SMARTS) is 1. The van der Waals surface area contributed by atoms with Gasteiger partial charge in [0.1, 0.15) is 6.54 Å². The topological polar surface area (TPSA) is 69.6 Å². The number of carboxylic acids is 1. The highest BCUT2D eigenvalue weighted by Crippen LogP contribution is 2.24. The van der Waals surface area contributed by atoms with E-state index in [2.05, 4.69) is 5.32 Å². The van der Waals surface area contributed by atoms with Crippen molar-refractivity contribution in [1.29, 1.82) is 0 Å². The minimum Gasteiger partial charge on any atom is -0.480 e. The van der Waals surface area contributed by atoms with E-state index in [1.165, 1.54) is 17.7 Å². The molecule has 1 heterocycles. The lowest BCUT2D eigenvalue weighted by atomic mass is 10.2. The van der Waals surface area contributed by atoms with Gasteiger partial charge in [-0.1, -0.05) is 6.42 Å². The van der Waals surface area contributed by atoms with E-state index in [4.69, 9.17) is 5.11 Å². The number of carbonyl (C=O) groups excluding carboxylic acids is 1. The highest BCUT2D eigenvalue weighted by atomic mass is 32.2. The van der Waals surface area contributed by atoms with Crippen LogP contribution in [0.4, 0.5) is 4.79 Å². The molecule has 2 N–H and O–H groups in total. The van der Waals surface area contributed by atoms with Crippen LogP contribution in [0.25, 0.3) is 0 Å². The van der Waals surface area contributed by atoms with Gasteiger partial charge < -0.3 is 15.3 Å². The number of aliphatic carboxylic acids is 1. The lowest BCUT2D eigenvalue weighted by Gasteiger charge is -2.24. The second-order valence-electron chi connectivity index (χ2n) is 4.08. The van der Waals surface area contributed by atoms with Crippen molar-refractivity contribution in [2.75, 3.05) is 25.4 Å². The van der Waals surface area contributed by atoms with Crippen molar-refractivity contribution in [1.82, 2.24) is 10.2 Å². The van der Waals surface area contributed by atoms with Crippen molar-refractivity contribution in [3.8, 4) is 0 Å². The second kappa shape index (κ2) is 7.42. The van der Waals surface area contributed by atoms with Crippen LogP contribution < -0.4 is 5.32 Å². The summed E-state index contributed by atoms with van der Waals surface area (Å²) in [5.41, 5.74) is 0. The van der Waals surface area contributed by atoms with Crippen LogP contribution in [0.2, 0.25) is 0 Å². The van der Waals surface area contributed by atoms with Gasteiger partial charge in [-0.15, -0.1) is 0 Å². The summed E-state index contributed by atoms with van der Waals surface area (Å²) in [6.07, 6.45) is 3.62. The van der Waals surface area contributed by atoms with Crippen LogP contribution in [0.1, 0.15) is 26.2 Å². The number of amides is 2. The molecule has 1 atom stereocenters. The lowest BCUT2D eigenvalue weighted by Crippen LogP contribution is -2.44. The van der Waals surface area contributed by atoms with Gasteiger partial charge in [0.25, 0.3) is 0 Å². The average molecular weight is 260 g/mol. The summed E-state index contributed by atoms with van der Waals surface area (Å²) in [6.45, 7) is 2.59. The third-order valence-electron chi connectivity index (χ3n) is 2.75. The Morgan fingerprint density at radius 3 is 2.76 bits per heavy atom. The Kier molecular flexibility index (Phi) is 6.18. The highest BCUT2D eigenvalue weighted by molar-refractivity contribution is 7.99. The first-order valence-corrected chi connectivity index (χ1v) is 7.04. The maximum atomic E-state index is 11.7. The molecule has 98 valence electrons. The van der Waals surface area contributed by atoms with Gasteiger partial charge in [-0.25, -0.2) is 4.79 Å². The first-order valence-electron chi connectivity index (χ1n) is 5.99. The van der Waals surface area contributed by atoms with Gasteiger partial charge in [0.15, 0.2) is 0 Å². The van der Waals surface area contributed by atoms with E-state index in [1.54, 1.807) is 6.92 Å². The largest absolute Gasteiger partial charge is 0.480 e. The Balaban J connectivity index is 2.28. The van der Waals surface area contributed by atoms with E-state index in [1.807, 2.05) is 11.8 Å². The highest BCUT2D eigenvalue weighted by Gasteiger charge is 2.18. The molecule has 0 radical (unpaired) electrons. The number of urea groups is 1. The summed E-state index contributed by atoms with van der Waals surface area (Å²) in [7, 11) is 0. The van der Waals surface area contributed by atoms with Crippen molar-refractivity contribution in [2.45, 2.75) is 31.4 Å². The van der Waals surface area contributed by atoms with Crippen LogP contribution >= 0.6 is 11.8 Å². The molecule has 2 amide bonds. The van der Waals surface area contributed by atoms with Crippen molar-refractivity contribution in [3.05, 3.63) is 0 Å². The molecule has 1 saturated heterocycles. The smallest absolute Gasteiger partial charge is 0.323 e. The predicted octanol–water partition coefficient (Wildman–Crippen LogP) is 1.39. The fourth-order valence-electron chi connectivity index (χ4n) is 1.77. The van der Waals surface area contributed by atoms with Gasteiger partial charge in [-0.05, 0) is 25.5 Å². The fourth-order valence-corrected chi connectivity index (χ4v) is 3.01. The van der Waals surface area contributed by atoms with Crippen LogP contribution in [-0.4, -0.2) is 52.6 Å². The van der Waals surface area contributed by atoms with Gasteiger partial charge in [-0.3, -0.25) is 4.79 Å². The molecule has 0 aromatic heterocycles. The molecule has 0 aliphatic carbocycles. The van der Waals surface area contributed by atoms with Crippen LogP contribution in [0.15, 0.2) is 0 Å². The molecule has 17 heavy (non-hydrogen) atoms. The fraction of sp³-hybridized carbons (Fsp3) is 0.818. The van der Waals surface area contributed by atoms with E-state index in [0.717, 1.165) is 12.2 Å². The SMILES string of the molecule is CCN(CC(=O)O)C(=O)NCC1CCCCS1. The van der Waals surface area contributed by atoms with Crippen molar-refractivity contribution in [3.63, 3.8) is 0 Å². The number of likely N-dealkylation sites (N-methyl/N-ethyl adjacent to an activating group) is 1. The molecular weight excluding hydrogens is 240 g/mol. The second-order valence-corrected chi connectivity index (χ2v) is 5.49. The molecule has 0 saturated carbocycles. The third-order valence-corrected chi connectivity index (χ3v) is 4.15. The summed E-state index contributed by atoms with van der Waals surface area (Å²) in [6, 6.07) is -0.277. The third kappa shape index (κ3) is 5.30. The Bertz CT molecular complexity index is 267. The zero-order valence-electron chi connectivity index (χ0n) is 10.1. The van der Waals surface area contributed by atoms with Crippen LogP contribution in [0.3, 0.4) is 0 Å². The molecule has 6 heteroatoms. The number of carbonyl (C=O) groups is 2. The van der Waals surface area contributed by atoms with Crippen LogP contribution in [-0.2, 0) is 4.79 Å². The standard InChI is InChI=1S/C11H20N2O3S/c1-2-13(8-10(14)15)11(16)12-7-9-5-3-4-6-17-9/h9H,2-8H2,1H3,(H,12,16)(H,14,15). The number of nitrogens with zero attached hydrogens (tertiary/aromatic N) is 1. The molecule has 1 aliphatic rings. The Morgan fingerprint density at radius 2 is 2.24 bits per heavy atom. The summed E-state index contributed by atoms with van der Waals surface area (Å²) in [5, 5.41) is 11.9. The maximum absolute atomic E-state index is 11.7. The summed E-state index contributed by atoms with van der Waals surface area (Å²) in [4.78, 5) is 23.5. The maximum Gasteiger partial charge on any atom is 0.323 e. The van der Waals surface area contributed by atoms with E-state index in [0.29, 0.717) is 18.3 Å². The van der Waals surface area contributed by atoms with Gasteiger partial charge in [0.2, 0.25) is 0 Å². The molecule has 0 aromatic rings. The van der Waals surface area contributed by atoms with Gasteiger partial charge >= 0.3 is 12.0 Å². The van der Waals surface area contributed by atoms with E-state index in [9.17, 15) is 9.59 Å². The molecule has 0 bridgehead atoms. The molecule has 1 unspecified atom stereocenters. The minimum atomic E-state index is -0.978. The van der Waals surface area contributed by atoms with Gasteiger partial charge in [0, 0.05) is 18.3 Å². The van der Waals surface area contributed by atoms with Crippen molar-refractivity contribution < 1.29 is 14.7 Å². The van der Waals surface area contributed by atoms with Crippen LogP contribution in [0, 0.1) is 0 Å².